The smallest absolute Gasteiger partial charge is 0.123 e. The Morgan fingerprint density at radius 3 is 2.76 bits per heavy atom. The molecule has 3 N–H and O–H groups in total. The molecular formula is C24H31N3OS. The number of likely N-dealkylation sites (tertiary alicyclic amines) is 1. The third kappa shape index (κ3) is 5.37. The Kier molecular flexibility index (Phi) is 7.17. The number of hydrogen-bond acceptors (Lipinski definition) is 5. The molecule has 4 rings (SSSR count). The van der Waals surface area contributed by atoms with E-state index in [1.165, 1.54) is 52.0 Å². The minimum absolute atomic E-state index is 0.656. The quantitative estimate of drug-likeness (QED) is 0.485. The monoisotopic (exact) mass is 409 g/mol. The highest BCUT2D eigenvalue weighted by atomic mass is 32.1. The number of thiophene rings is 1. The summed E-state index contributed by atoms with van der Waals surface area (Å²) >= 11 is 1.85. The van der Waals surface area contributed by atoms with Crippen LogP contribution in [0.4, 0.5) is 0 Å². The van der Waals surface area contributed by atoms with Gasteiger partial charge in [-0.15, -0.1) is 11.3 Å². The van der Waals surface area contributed by atoms with Crippen LogP contribution in [0.5, 0.6) is 5.75 Å². The van der Waals surface area contributed by atoms with Gasteiger partial charge in [0.15, 0.2) is 0 Å². The summed E-state index contributed by atoms with van der Waals surface area (Å²) in [6, 6.07) is 17.4. The van der Waals surface area contributed by atoms with E-state index in [0.29, 0.717) is 13.2 Å². The Morgan fingerprint density at radius 2 is 1.93 bits per heavy atom. The maximum atomic E-state index is 6.03. The topological polar surface area (TPSA) is 50.5 Å². The van der Waals surface area contributed by atoms with Gasteiger partial charge in [-0.05, 0) is 80.2 Å². The first kappa shape index (κ1) is 20.4. The summed E-state index contributed by atoms with van der Waals surface area (Å²) in [4.78, 5) is 3.84. The van der Waals surface area contributed by atoms with Crippen molar-refractivity contribution < 1.29 is 4.74 Å². The molecule has 29 heavy (non-hydrogen) atoms. The lowest BCUT2D eigenvalue weighted by Crippen LogP contribution is -2.29. The van der Waals surface area contributed by atoms with E-state index in [1.807, 2.05) is 11.3 Å². The van der Waals surface area contributed by atoms with Crippen LogP contribution in [0, 0.1) is 0 Å². The van der Waals surface area contributed by atoms with E-state index >= 15 is 0 Å². The molecule has 1 fully saturated rings. The predicted octanol–water partition coefficient (Wildman–Crippen LogP) is 4.48. The molecule has 1 aromatic heterocycles. The van der Waals surface area contributed by atoms with Crippen molar-refractivity contribution in [1.82, 2.24) is 10.2 Å². The van der Waals surface area contributed by atoms with E-state index in [-0.39, 0.29) is 0 Å². The van der Waals surface area contributed by atoms with Gasteiger partial charge in [0, 0.05) is 34.8 Å². The van der Waals surface area contributed by atoms with Crippen molar-refractivity contribution in [3.8, 4) is 16.2 Å². The van der Waals surface area contributed by atoms with Gasteiger partial charge in [0.2, 0.25) is 0 Å². The van der Waals surface area contributed by atoms with Gasteiger partial charge in [-0.1, -0.05) is 18.2 Å². The largest absolute Gasteiger partial charge is 0.493 e. The third-order valence-electron chi connectivity index (χ3n) is 5.50. The Hall–Kier alpha value is -1.92. The Morgan fingerprint density at radius 1 is 1.07 bits per heavy atom. The Balaban J connectivity index is 1.48. The van der Waals surface area contributed by atoms with Crippen LogP contribution < -0.4 is 15.8 Å². The molecule has 0 bridgehead atoms. The van der Waals surface area contributed by atoms with Crippen LogP contribution in [0.3, 0.4) is 0 Å². The predicted molar refractivity (Wildman–Crippen MR) is 124 cm³/mol. The van der Waals surface area contributed by atoms with Gasteiger partial charge >= 0.3 is 0 Å². The van der Waals surface area contributed by atoms with Crippen molar-refractivity contribution >= 4 is 21.4 Å². The second-order valence-electron chi connectivity index (χ2n) is 7.69. The van der Waals surface area contributed by atoms with E-state index < -0.39 is 0 Å². The molecule has 154 valence electrons. The molecule has 2 heterocycles. The summed E-state index contributed by atoms with van der Waals surface area (Å²) in [7, 11) is 0. The molecule has 3 aromatic rings. The number of rotatable bonds is 10. The van der Waals surface area contributed by atoms with Gasteiger partial charge in [0.25, 0.3) is 0 Å². The fourth-order valence-corrected chi connectivity index (χ4v) is 4.93. The molecule has 0 atom stereocenters. The molecule has 1 saturated heterocycles. The van der Waals surface area contributed by atoms with E-state index in [1.54, 1.807) is 0 Å². The highest BCUT2D eigenvalue weighted by molar-refractivity contribution is 7.22. The van der Waals surface area contributed by atoms with Gasteiger partial charge in [0.05, 0.1) is 6.61 Å². The first-order chi connectivity index (χ1) is 14.3. The standard InChI is InChI=1S/C24H31N3OS/c25-10-5-15-28-22-9-8-20(24-17-19-6-1-2-7-23(19)29-24)16-21(22)18-26-11-14-27-12-3-4-13-27/h1-2,6-9,16-17,26H,3-5,10-15,18,25H2. The number of hydrogen-bond donors (Lipinski definition) is 2. The maximum Gasteiger partial charge on any atom is 0.123 e. The van der Waals surface area contributed by atoms with Gasteiger partial charge < -0.3 is 20.7 Å². The van der Waals surface area contributed by atoms with Crippen molar-refractivity contribution in [3.63, 3.8) is 0 Å². The zero-order valence-electron chi connectivity index (χ0n) is 17.0. The highest BCUT2D eigenvalue weighted by Crippen LogP contribution is 2.35. The summed E-state index contributed by atoms with van der Waals surface area (Å²) in [6.07, 6.45) is 3.56. The van der Waals surface area contributed by atoms with Crippen LogP contribution >= 0.6 is 11.3 Å². The lowest BCUT2D eigenvalue weighted by Gasteiger charge is -2.16. The maximum absolute atomic E-state index is 6.03. The number of nitrogens with zero attached hydrogens (tertiary/aromatic N) is 1. The molecule has 4 nitrogen and oxygen atoms in total. The molecule has 0 unspecified atom stereocenters. The van der Waals surface area contributed by atoms with E-state index in [9.17, 15) is 0 Å². The fraction of sp³-hybridized carbons (Fsp3) is 0.417. The third-order valence-corrected chi connectivity index (χ3v) is 6.66. The first-order valence-electron chi connectivity index (χ1n) is 10.7. The van der Waals surface area contributed by atoms with E-state index in [2.05, 4.69) is 58.7 Å². The number of ether oxygens (including phenoxy) is 1. The minimum atomic E-state index is 0.656. The average Bonchev–Trinajstić information content (AvgIpc) is 3.42. The molecule has 2 aromatic carbocycles. The average molecular weight is 410 g/mol. The number of fused-ring (bicyclic) bond motifs is 1. The second-order valence-corrected chi connectivity index (χ2v) is 8.77. The number of nitrogens with one attached hydrogen (secondary N) is 1. The molecule has 0 saturated carbocycles. The molecule has 1 aliphatic heterocycles. The van der Waals surface area contributed by atoms with Crippen molar-refractivity contribution in [2.45, 2.75) is 25.8 Å². The minimum Gasteiger partial charge on any atom is -0.493 e. The molecule has 0 radical (unpaired) electrons. The normalized spacial score (nSPS) is 14.7. The van der Waals surface area contributed by atoms with Gasteiger partial charge in [0.1, 0.15) is 5.75 Å². The number of nitrogens with two attached hydrogens (primary N) is 1. The Bertz CT molecular complexity index is 884. The second kappa shape index (κ2) is 10.2. The fourth-order valence-electron chi connectivity index (χ4n) is 3.87. The molecule has 0 aliphatic carbocycles. The summed E-state index contributed by atoms with van der Waals surface area (Å²) in [5, 5.41) is 4.93. The SMILES string of the molecule is NCCCOc1ccc(-c2cc3ccccc3s2)cc1CNCCN1CCCC1. The van der Waals surface area contributed by atoms with Crippen molar-refractivity contribution in [1.29, 1.82) is 0 Å². The zero-order chi connectivity index (χ0) is 19.9. The lowest BCUT2D eigenvalue weighted by molar-refractivity contribution is 0.308. The number of benzene rings is 2. The zero-order valence-corrected chi connectivity index (χ0v) is 17.8. The van der Waals surface area contributed by atoms with Crippen molar-refractivity contribution in [2.24, 2.45) is 5.73 Å². The summed E-state index contributed by atoms with van der Waals surface area (Å²) in [5.41, 5.74) is 8.11. The lowest BCUT2D eigenvalue weighted by atomic mass is 10.1. The van der Waals surface area contributed by atoms with Crippen LogP contribution in [0.2, 0.25) is 0 Å². The van der Waals surface area contributed by atoms with Crippen molar-refractivity contribution in [3.05, 3.63) is 54.1 Å². The molecule has 1 aliphatic rings. The first-order valence-corrected chi connectivity index (χ1v) is 11.5. The summed E-state index contributed by atoms with van der Waals surface area (Å²) in [5.74, 6) is 0.969. The summed E-state index contributed by atoms with van der Waals surface area (Å²) in [6.45, 7) is 6.77. The van der Waals surface area contributed by atoms with Gasteiger partial charge in [-0.2, -0.15) is 0 Å². The van der Waals surface area contributed by atoms with Crippen LogP contribution in [0.1, 0.15) is 24.8 Å². The molecule has 0 amide bonds. The Labute approximate surface area is 177 Å². The van der Waals surface area contributed by atoms with Crippen LogP contribution in [-0.2, 0) is 6.54 Å². The van der Waals surface area contributed by atoms with E-state index in [4.69, 9.17) is 10.5 Å². The van der Waals surface area contributed by atoms with Crippen molar-refractivity contribution in [2.75, 3.05) is 39.3 Å². The van der Waals surface area contributed by atoms with Gasteiger partial charge in [-0.25, -0.2) is 0 Å². The van der Waals surface area contributed by atoms with Gasteiger partial charge in [-0.3, -0.25) is 0 Å². The van der Waals surface area contributed by atoms with Crippen LogP contribution in [0.25, 0.3) is 20.5 Å². The highest BCUT2D eigenvalue weighted by Gasteiger charge is 2.12. The molecule has 0 spiro atoms. The van der Waals surface area contributed by atoms with E-state index in [0.717, 1.165) is 31.8 Å². The van der Waals surface area contributed by atoms with Crippen LogP contribution in [0.15, 0.2) is 48.5 Å². The molecule has 5 heteroatoms. The van der Waals surface area contributed by atoms with Crippen LogP contribution in [-0.4, -0.2) is 44.2 Å². The summed E-state index contributed by atoms with van der Waals surface area (Å²) < 4.78 is 7.36. The molecular weight excluding hydrogens is 378 g/mol.